The fraction of sp³-hybridized carbons (Fsp3) is 0.333. The molecule has 1 aromatic heterocycles. The molecule has 0 bridgehead atoms. The molecule has 13 heavy (non-hydrogen) atoms. The van der Waals surface area contributed by atoms with Gasteiger partial charge in [0.25, 0.3) is 0 Å². The fourth-order valence-corrected chi connectivity index (χ4v) is 2.60. The Balaban J connectivity index is 2.89. The summed E-state index contributed by atoms with van der Waals surface area (Å²) in [5.74, 6) is 0. The highest BCUT2D eigenvalue weighted by Gasteiger charge is 2.10. The van der Waals surface area contributed by atoms with Crippen molar-refractivity contribution >= 4 is 38.9 Å². The van der Waals surface area contributed by atoms with Crippen molar-refractivity contribution in [3.8, 4) is 0 Å². The molecule has 0 aliphatic heterocycles. The van der Waals surface area contributed by atoms with Crippen LogP contribution in [-0.4, -0.2) is 5.11 Å². The highest BCUT2D eigenvalue weighted by molar-refractivity contribution is 9.10. The average Bonchev–Trinajstić information content (AvgIpc) is 2.31. The van der Waals surface area contributed by atoms with Gasteiger partial charge in [0.1, 0.15) is 10.4 Å². The molecule has 0 aromatic carbocycles. The third kappa shape index (κ3) is 3.09. The summed E-state index contributed by atoms with van der Waals surface area (Å²) in [5.41, 5.74) is 1.09. The maximum atomic E-state index is 9.68. The molecule has 0 saturated carbocycles. The Bertz CT molecular complexity index is 309. The van der Waals surface area contributed by atoms with Crippen LogP contribution in [0.2, 0.25) is 4.34 Å². The Morgan fingerprint density at radius 2 is 2.31 bits per heavy atom. The van der Waals surface area contributed by atoms with Crippen molar-refractivity contribution in [2.45, 2.75) is 20.0 Å². The second-order valence-electron chi connectivity index (χ2n) is 2.96. The summed E-state index contributed by atoms with van der Waals surface area (Å²) in [5, 5.41) is 9.68. The first-order valence-electron chi connectivity index (χ1n) is 3.78. The highest BCUT2D eigenvalue weighted by Crippen LogP contribution is 2.35. The van der Waals surface area contributed by atoms with Crippen molar-refractivity contribution in [3.05, 3.63) is 31.4 Å². The molecule has 1 heterocycles. The predicted octanol–water partition coefficient (Wildman–Crippen LogP) is 4.16. The zero-order valence-electron chi connectivity index (χ0n) is 7.34. The molecule has 1 rings (SSSR count). The van der Waals surface area contributed by atoms with Gasteiger partial charge in [-0.1, -0.05) is 23.3 Å². The molecule has 0 radical (unpaired) electrons. The van der Waals surface area contributed by atoms with Gasteiger partial charge in [-0.2, -0.15) is 0 Å². The molecule has 0 fully saturated rings. The Kier molecular flexibility index (Phi) is 3.98. The third-order valence-electron chi connectivity index (χ3n) is 1.45. The second kappa shape index (κ2) is 4.60. The van der Waals surface area contributed by atoms with E-state index in [1.807, 2.05) is 19.9 Å². The van der Waals surface area contributed by atoms with E-state index in [1.165, 1.54) is 11.3 Å². The quantitative estimate of drug-likeness (QED) is 0.807. The van der Waals surface area contributed by atoms with Crippen molar-refractivity contribution in [1.29, 1.82) is 0 Å². The highest BCUT2D eigenvalue weighted by atomic mass is 79.9. The van der Waals surface area contributed by atoms with Gasteiger partial charge < -0.3 is 5.11 Å². The predicted molar refractivity (Wildman–Crippen MR) is 61.4 cm³/mol. The number of thiophene rings is 1. The van der Waals surface area contributed by atoms with Gasteiger partial charge >= 0.3 is 0 Å². The van der Waals surface area contributed by atoms with Gasteiger partial charge in [0.15, 0.2) is 0 Å². The van der Waals surface area contributed by atoms with E-state index in [4.69, 9.17) is 11.6 Å². The molecular weight excluding hydrogens is 272 g/mol. The third-order valence-corrected chi connectivity index (χ3v) is 3.99. The number of halogens is 2. The summed E-state index contributed by atoms with van der Waals surface area (Å²) >= 11 is 10.5. The molecule has 1 unspecified atom stereocenters. The van der Waals surface area contributed by atoms with Crippen molar-refractivity contribution in [3.63, 3.8) is 0 Å². The molecule has 4 heteroatoms. The lowest BCUT2D eigenvalue weighted by molar-refractivity contribution is 0.231. The lowest BCUT2D eigenvalue weighted by Crippen LogP contribution is -1.89. The molecule has 72 valence electrons. The van der Waals surface area contributed by atoms with E-state index >= 15 is 0 Å². The van der Waals surface area contributed by atoms with Crippen molar-refractivity contribution in [2.75, 3.05) is 0 Å². The van der Waals surface area contributed by atoms with Gasteiger partial charge in [-0.3, -0.25) is 0 Å². The smallest absolute Gasteiger partial charge is 0.107 e. The molecule has 0 amide bonds. The lowest BCUT2D eigenvalue weighted by Gasteiger charge is -2.01. The summed E-state index contributed by atoms with van der Waals surface area (Å²) in [4.78, 5) is 0.859. The Morgan fingerprint density at radius 3 is 2.69 bits per heavy atom. The molecule has 1 atom stereocenters. The Hall–Kier alpha value is 0.170. The zero-order valence-corrected chi connectivity index (χ0v) is 10.5. The van der Waals surface area contributed by atoms with Gasteiger partial charge in [-0.05, 0) is 35.8 Å². The van der Waals surface area contributed by atoms with Crippen LogP contribution in [0.5, 0.6) is 0 Å². The summed E-state index contributed by atoms with van der Waals surface area (Å²) in [6.45, 7) is 3.90. The van der Waals surface area contributed by atoms with Gasteiger partial charge in [-0.15, -0.1) is 11.3 Å². The van der Waals surface area contributed by atoms with E-state index in [2.05, 4.69) is 15.9 Å². The maximum Gasteiger partial charge on any atom is 0.107 e. The molecule has 0 spiro atoms. The monoisotopic (exact) mass is 280 g/mol. The summed E-state index contributed by atoms with van der Waals surface area (Å²) in [7, 11) is 0. The molecule has 0 aliphatic rings. The van der Waals surface area contributed by atoms with Crippen molar-refractivity contribution < 1.29 is 5.11 Å². The minimum Gasteiger partial charge on any atom is -0.383 e. The van der Waals surface area contributed by atoms with E-state index in [-0.39, 0.29) is 0 Å². The van der Waals surface area contributed by atoms with Crippen LogP contribution in [0.1, 0.15) is 24.8 Å². The molecule has 0 saturated heterocycles. The number of hydrogen-bond acceptors (Lipinski definition) is 2. The van der Waals surface area contributed by atoms with Crippen molar-refractivity contribution in [1.82, 2.24) is 0 Å². The molecule has 1 nitrogen and oxygen atoms in total. The first-order chi connectivity index (χ1) is 6.00. The second-order valence-corrected chi connectivity index (χ2v) is 5.50. The molecule has 0 aliphatic carbocycles. The first kappa shape index (κ1) is 11.2. The minimum atomic E-state index is -0.543. The van der Waals surface area contributed by atoms with E-state index in [0.717, 1.165) is 14.9 Å². The Morgan fingerprint density at radius 1 is 1.69 bits per heavy atom. The Labute approximate surface area is 95.2 Å². The van der Waals surface area contributed by atoms with Crippen LogP contribution in [0.25, 0.3) is 0 Å². The number of hydrogen-bond donors (Lipinski definition) is 1. The summed E-state index contributed by atoms with van der Waals surface area (Å²) in [6, 6.07) is 1.84. The van der Waals surface area contributed by atoms with Crippen LogP contribution < -0.4 is 0 Å². The van der Waals surface area contributed by atoms with E-state index < -0.39 is 6.10 Å². The van der Waals surface area contributed by atoms with Gasteiger partial charge in [0, 0.05) is 9.35 Å². The maximum absolute atomic E-state index is 9.68. The molecular formula is C9H10BrClOS. The average molecular weight is 282 g/mol. The van der Waals surface area contributed by atoms with Gasteiger partial charge in [-0.25, -0.2) is 0 Å². The van der Waals surface area contributed by atoms with Crippen LogP contribution in [0.4, 0.5) is 0 Å². The number of rotatable bonds is 2. The largest absolute Gasteiger partial charge is 0.383 e. The van der Waals surface area contributed by atoms with Crippen LogP contribution in [0, 0.1) is 0 Å². The standard InChI is InChI=1S/C9H10BrClOS/c1-5(2)3-7(12)8-4-6(10)9(11)13-8/h3-4,7,12H,1-2H3. The summed E-state index contributed by atoms with van der Waals surface area (Å²) in [6.07, 6.45) is 1.26. The van der Waals surface area contributed by atoms with E-state index in [9.17, 15) is 5.11 Å². The lowest BCUT2D eigenvalue weighted by atomic mass is 10.2. The fourth-order valence-electron chi connectivity index (χ4n) is 0.907. The summed E-state index contributed by atoms with van der Waals surface area (Å²) < 4.78 is 1.52. The van der Waals surface area contributed by atoms with Crippen LogP contribution in [0.3, 0.4) is 0 Å². The number of aliphatic hydroxyl groups is 1. The van der Waals surface area contributed by atoms with E-state index in [0.29, 0.717) is 4.34 Å². The van der Waals surface area contributed by atoms with Crippen molar-refractivity contribution in [2.24, 2.45) is 0 Å². The normalized spacial score (nSPS) is 12.7. The topological polar surface area (TPSA) is 20.2 Å². The van der Waals surface area contributed by atoms with Crippen LogP contribution in [0.15, 0.2) is 22.2 Å². The van der Waals surface area contributed by atoms with Crippen LogP contribution in [-0.2, 0) is 0 Å². The molecule has 1 aromatic rings. The number of aliphatic hydroxyl groups excluding tert-OH is 1. The number of allylic oxidation sites excluding steroid dienone is 1. The van der Waals surface area contributed by atoms with Gasteiger partial charge in [0.2, 0.25) is 0 Å². The SMILES string of the molecule is CC(C)=CC(O)c1cc(Br)c(Cl)s1. The molecule has 1 N–H and O–H groups in total. The first-order valence-corrected chi connectivity index (χ1v) is 5.77. The van der Waals surface area contributed by atoms with Crippen LogP contribution >= 0.6 is 38.9 Å². The van der Waals surface area contributed by atoms with E-state index in [1.54, 1.807) is 6.08 Å². The minimum absolute atomic E-state index is 0.543. The zero-order chi connectivity index (χ0) is 10.0. The van der Waals surface area contributed by atoms with Gasteiger partial charge in [0.05, 0.1) is 0 Å².